The predicted molar refractivity (Wildman–Crippen MR) is 113 cm³/mol. The number of benzene rings is 2. The molecule has 3 rings (SSSR count). The number of carbonyl (C=O) groups excluding carboxylic acids is 2. The van der Waals surface area contributed by atoms with Crippen LogP contribution >= 0.6 is 0 Å². The molecule has 0 radical (unpaired) electrons. The second-order valence-electron chi connectivity index (χ2n) is 6.91. The van der Waals surface area contributed by atoms with E-state index in [-0.39, 0.29) is 11.8 Å². The summed E-state index contributed by atoms with van der Waals surface area (Å²) < 4.78 is 11.0. The third-order valence-corrected chi connectivity index (χ3v) is 4.38. The van der Waals surface area contributed by atoms with Crippen molar-refractivity contribution in [2.24, 2.45) is 0 Å². The van der Waals surface area contributed by atoms with Crippen molar-refractivity contribution in [2.45, 2.75) is 32.2 Å². The topological polar surface area (TPSA) is 76.7 Å². The zero-order chi connectivity index (χ0) is 20.6. The van der Waals surface area contributed by atoms with Gasteiger partial charge in [0.2, 0.25) is 5.91 Å². The highest BCUT2D eigenvalue weighted by Gasteiger charge is 2.23. The van der Waals surface area contributed by atoms with Crippen LogP contribution in [0.2, 0.25) is 0 Å². The van der Waals surface area contributed by atoms with E-state index in [1.54, 1.807) is 37.5 Å². The fraction of sp³-hybridized carbons (Fsp3) is 0.304. The summed E-state index contributed by atoms with van der Waals surface area (Å²) in [5.74, 6) is 0.902. The fourth-order valence-corrected chi connectivity index (χ4v) is 2.71. The summed E-state index contributed by atoms with van der Waals surface area (Å²) in [5, 5.41) is 5.72. The molecule has 2 amide bonds. The molecule has 1 aliphatic rings. The second kappa shape index (κ2) is 9.78. The quantitative estimate of drug-likeness (QED) is 0.630. The Labute approximate surface area is 170 Å². The Bertz CT molecular complexity index is 904. The minimum absolute atomic E-state index is 0.114. The van der Waals surface area contributed by atoms with E-state index in [2.05, 4.69) is 10.6 Å². The molecule has 152 valence electrons. The van der Waals surface area contributed by atoms with Crippen molar-refractivity contribution >= 4 is 23.6 Å². The first-order valence-electron chi connectivity index (χ1n) is 9.80. The van der Waals surface area contributed by atoms with Crippen LogP contribution in [0.25, 0.3) is 6.08 Å². The first-order valence-corrected chi connectivity index (χ1v) is 9.80. The van der Waals surface area contributed by atoms with Gasteiger partial charge in [0.25, 0.3) is 5.91 Å². The molecule has 0 aliphatic heterocycles. The lowest BCUT2D eigenvalue weighted by molar-refractivity contribution is -0.111. The van der Waals surface area contributed by atoms with Crippen LogP contribution < -0.4 is 20.1 Å². The van der Waals surface area contributed by atoms with Crippen LogP contribution in [0.4, 0.5) is 5.69 Å². The Morgan fingerprint density at radius 2 is 1.97 bits per heavy atom. The lowest BCUT2D eigenvalue weighted by Gasteiger charge is -2.10. The molecule has 6 nitrogen and oxygen atoms in total. The lowest BCUT2D eigenvalue weighted by Crippen LogP contribution is -2.25. The molecule has 0 unspecified atom stereocenters. The van der Waals surface area contributed by atoms with E-state index in [9.17, 15) is 9.59 Å². The van der Waals surface area contributed by atoms with Gasteiger partial charge in [0.15, 0.2) is 11.5 Å². The van der Waals surface area contributed by atoms with Gasteiger partial charge in [0.05, 0.1) is 13.7 Å². The SMILES string of the molecule is CCCOc1ccc(/C=C/C(=O)Nc2cccc(C(=O)NC3CC3)c2)cc1OC. The summed E-state index contributed by atoms with van der Waals surface area (Å²) >= 11 is 0. The lowest BCUT2D eigenvalue weighted by atomic mass is 10.1. The standard InChI is InChI=1S/C23H26N2O4/c1-3-13-29-20-11-7-16(14-21(20)28-2)8-12-22(26)24-19-6-4-5-17(15-19)23(27)25-18-9-10-18/h4-8,11-12,14-15,18H,3,9-10,13H2,1-2H3,(H,24,26)(H,25,27)/b12-8+. The smallest absolute Gasteiger partial charge is 0.251 e. The van der Waals surface area contributed by atoms with E-state index in [0.29, 0.717) is 35.4 Å². The number of carbonyl (C=O) groups is 2. The minimum Gasteiger partial charge on any atom is -0.493 e. The highest BCUT2D eigenvalue weighted by atomic mass is 16.5. The Hall–Kier alpha value is -3.28. The highest BCUT2D eigenvalue weighted by molar-refractivity contribution is 6.03. The van der Waals surface area contributed by atoms with Crippen molar-refractivity contribution in [1.29, 1.82) is 0 Å². The highest BCUT2D eigenvalue weighted by Crippen LogP contribution is 2.28. The molecule has 2 N–H and O–H groups in total. The number of hydrogen-bond acceptors (Lipinski definition) is 4. The van der Waals surface area contributed by atoms with E-state index in [4.69, 9.17) is 9.47 Å². The summed E-state index contributed by atoms with van der Waals surface area (Å²) in [6.45, 7) is 2.66. The van der Waals surface area contributed by atoms with Gasteiger partial charge < -0.3 is 20.1 Å². The zero-order valence-corrected chi connectivity index (χ0v) is 16.7. The van der Waals surface area contributed by atoms with Crippen molar-refractivity contribution in [3.05, 3.63) is 59.7 Å². The Balaban J connectivity index is 1.61. The van der Waals surface area contributed by atoms with Crippen molar-refractivity contribution in [1.82, 2.24) is 5.32 Å². The normalized spacial score (nSPS) is 13.2. The van der Waals surface area contributed by atoms with Crippen LogP contribution in [0.1, 0.15) is 42.1 Å². The van der Waals surface area contributed by atoms with E-state index < -0.39 is 0 Å². The number of amides is 2. The maximum absolute atomic E-state index is 12.3. The summed E-state index contributed by atoms with van der Waals surface area (Å²) in [7, 11) is 1.58. The van der Waals surface area contributed by atoms with Crippen molar-refractivity contribution in [3.8, 4) is 11.5 Å². The van der Waals surface area contributed by atoms with Crippen LogP contribution in [-0.2, 0) is 4.79 Å². The maximum Gasteiger partial charge on any atom is 0.251 e. The van der Waals surface area contributed by atoms with Crippen LogP contribution in [0, 0.1) is 0 Å². The molecule has 0 atom stereocenters. The first-order chi connectivity index (χ1) is 14.1. The summed E-state index contributed by atoms with van der Waals surface area (Å²) in [6.07, 6.45) is 6.12. The molecule has 0 spiro atoms. The summed E-state index contributed by atoms with van der Waals surface area (Å²) in [6, 6.07) is 12.7. The summed E-state index contributed by atoms with van der Waals surface area (Å²) in [5.41, 5.74) is 1.92. The molecule has 1 fully saturated rings. The molecular weight excluding hydrogens is 368 g/mol. The molecule has 2 aromatic rings. The molecule has 29 heavy (non-hydrogen) atoms. The van der Waals surface area contributed by atoms with Gasteiger partial charge in [-0.15, -0.1) is 0 Å². The predicted octanol–water partition coefficient (Wildman–Crippen LogP) is 4.03. The summed E-state index contributed by atoms with van der Waals surface area (Å²) in [4.78, 5) is 24.4. The molecular formula is C23H26N2O4. The van der Waals surface area contributed by atoms with Gasteiger partial charge in [-0.05, 0) is 61.2 Å². The monoisotopic (exact) mass is 394 g/mol. The van der Waals surface area contributed by atoms with E-state index in [1.807, 2.05) is 25.1 Å². The zero-order valence-electron chi connectivity index (χ0n) is 16.7. The van der Waals surface area contributed by atoms with Gasteiger partial charge in [-0.25, -0.2) is 0 Å². The molecule has 0 aromatic heterocycles. The molecule has 1 saturated carbocycles. The molecule has 2 aromatic carbocycles. The van der Waals surface area contributed by atoms with E-state index in [0.717, 1.165) is 24.8 Å². The average Bonchev–Trinajstić information content (AvgIpc) is 3.55. The van der Waals surface area contributed by atoms with E-state index >= 15 is 0 Å². The fourth-order valence-electron chi connectivity index (χ4n) is 2.71. The van der Waals surface area contributed by atoms with Crippen LogP contribution in [-0.4, -0.2) is 31.6 Å². The van der Waals surface area contributed by atoms with Gasteiger partial charge in [0, 0.05) is 23.4 Å². The Kier molecular flexibility index (Phi) is 6.89. The van der Waals surface area contributed by atoms with E-state index in [1.165, 1.54) is 6.08 Å². The third kappa shape index (κ3) is 6.10. The van der Waals surface area contributed by atoms with Gasteiger partial charge >= 0.3 is 0 Å². The molecule has 0 bridgehead atoms. The number of anilines is 1. The van der Waals surface area contributed by atoms with Gasteiger partial charge in [-0.3, -0.25) is 9.59 Å². The molecule has 6 heteroatoms. The van der Waals surface area contributed by atoms with Gasteiger partial charge in [0.1, 0.15) is 0 Å². The molecule has 1 aliphatic carbocycles. The largest absolute Gasteiger partial charge is 0.493 e. The Morgan fingerprint density at radius 1 is 1.14 bits per heavy atom. The minimum atomic E-state index is -0.282. The Morgan fingerprint density at radius 3 is 2.69 bits per heavy atom. The maximum atomic E-state index is 12.3. The average molecular weight is 394 g/mol. The molecule has 0 heterocycles. The van der Waals surface area contributed by atoms with Crippen molar-refractivity contribution in [2.75, 3.05) is 19.0 Å². The van der Waals surface area contributed by atoms with Crippen LogP contribution in [0.3, 0.4) is 0 Å². The number of hydrogen-bond donors (Lipinski definition) is 2. The number of ether oxygens (including phenoxy) is 2. The van der Waals surface area contributed by atoms with Gasteiger partial charge in [-0.1, -0.05) is 19.1 Å². The molecule has 0 saturated heterocycles. The third-order valence-electron chi connectivity index (χ3n) is 4.38. The van der Waals surface area contributed by atoms with Crippen molar-refractivity contribution < 1.29 is 19.1 Å². The second-order valence-corrected chi connectivity index (χ2v) is 6.91. The number of methoxy groups -OCH3 is 1. The number of nitrogens with one attached hydrogen (secondary N) is 2. The van der Waals surface area contributed by atoms with Crippen molar-refractivity contribution in [3.63, 3.8) is 0 Å². The van der Waals surface area contributed by atoms with Gasteiger partial charge in [-0.2, -0.15) is 0 Å². The van der Waals surface area contributed by atoms with Crippen LogP contribution in [0.5, 0.6) is 11.5 Å². The first kappa shape index (κ1) is 20.5. The number of rotatable bonds is 9. The van der Waals surface area contributed by atoms with Crippen LogP contribution in [0.15, 0.2) is 48.5 Å².